The predicted octanol–water partition coefficient (Wildman–Crippen LogP) is 4.46. The summed E-state index contributed by atoms with van der Waals surface area (Å²) in [4.78, 5) is 7.56. The molecule has 0 spiro atoms. The Morgan fingerprint density at radius 3 is 2.71 bits per heavy atom. The van der Waals surface area contributed by atoms with Crippen LogP contribution in [0.3, 0.4) is 0 Å². The first-order chi connectivity index (χ1) is 10.0. The Hall–Kier alpha value is -2.36. The molecule has 1 N–H and O–H groups in total. The summed E-state index contributed by atoms with van der Waals surface area (Å²) in [5.41, 5.74) is 3.71. The summed E-state index contributed by atoms with van der Waals surface area (Å²) in [5, 5.41) is 0. The topological polar surface area (TPSA) is 37.9 Å². The number of fused-ring (bicyclic) bond motifs is 1. The minimum absolute atomic E-state index is 0.234. The molecule has 0 saturated carbocycles. The third-order valence-electron chi connectivity index (χ3n) is 3.48. The van der Waals surface area contributed by atoms with E-state index in [1.807, 2.05) is 32.9 Å². The van der Waals surface area contributed by atoms with Crippen LogP contribution >= 0.6 is 0 Å². The Labute approximate surface area is 122 Å². The van der Waals surface area contributed by atoms with E-state index in [1.54, 1.807) is 6.07 Å². The summed E-state index contributed by atoms with van der Waals surface area (Å²) in [7, 11) is 0. The van der Waals surface area contributed by atoms with E-state index in [4.69, 9.17) is 4.74 Å². The summed E-state index contributed by atoms with van der Waals surface area (Å²) in [5.74, 6) is 1.25. The summed E-state index contributed by atoms with van der Waals surface area (Å²) in [6.45, 7) is 5.99. The van der Waals surface area contributed by atoms with Crippen LogP contribution in [0, 0.1) is 19.7 Å². The van der Waals surface area contributed by atoms with Crippen LogP contribution < -0.4 is 4.74 Å². The van der Waals surface area contributed by atoms with Crippen molar-refractivity contribution < 1.29 is 9.13 Å². The third-order valence-corrected chi connectivity index (χ3v) is 3.48. The molecule has 0 saturated heterocycles. The van der Waals surface area contributed by atoms with Crippen molar-refractivity contribution in [3.8, 4) is 5.75 Å². The smallest absolute Gasteiger partial charge is 0.153 e. The van der Waals surface area contributed by atoms with Gasteiger partial charge in [0, 0.05) is 0 Å². The van der Waals surface area contributed by atoms with Gasteiger partial charge in [0.25, 0.3) is 0 Å². The van der Waals surface area contributed by atoms with Crippen molar-refractivity contribution in [1.82, 2.24) is 9.97 Å². The van der Waals surface area contributed by atoms with Gasteiger partial charge in [-0.3, -0.25) is 0 Å². The fourth-order valence-electron chi connectivity index (χ4n) is 2.37. The van der Waals surface area contributed by atoms with Crippen molar-refractivity contribution in [1.29, 1.82) is 0 Å². The molecule has 0 fully saturated rings. The van der Waals surface area contributed by atoms with Gasteiger partial charge in [-0.05, 0) is 50.6 Å². The molecule has 0 unspecified atom stereocenters. The van der Waals surface area contributed by atoms with Crippen LogP contribution in [-0.4, -0.2) is 9.97 Å². The normalized spacial score (nSPS) is 12.6. The molecule has 4 heteroatoms. The number of hydrogen-bond acceptors (Lipinski definition) is 2. The van der Waals surface area contributed by atoms with Gasteiger partial charge in [0.15, 0.2) is 6.10 Å². The summed E-state index contributed by atoms with van der Waals surface area (Å²) in [6.07, 6.45) is -0.234. The Morgan fingerprint density at radius 1 is 1.14 bits per heavy atom. The minimum atomic E-state index is -0.277. The van der Waals surface area contributed by atoms with Crippen LogP contribution in [0.15, 0.2) is 36.4 Å². The highest BCUT2D eigenvalue weighted by Crippen LogP contribution is 2.25. The van der Waals surface area contributed by atoms with Crippen LogP contribution in [0.25, 0.3) is 11.0 Å². The zero-order chi connectivity index (χ0) is 15.0. The number of benzene rings is 2. The van der Waals surface area contributed by atoms with Gasteiger partial charge in [0.1, 0.15) is 17.4 Å². The number of aromatic amines is 1. The number of aryl methyl sites for hydroxylation is 2. The van der Waals surface area contributed by atoms with Gasteiger partial charge in [0.05, 0.1) is 11.0 Å². The monoisotopic (exact) mass is 284 g/mol. The molecular formula is C17H17FN2O. The minimum Gasteiger partial charge on any atom is -0.483 e. The number of aromatic nitrogens is 2. The van der Waals surface area contributed by atoms with Gasteiger partial charge in [-0.15, -0.1) is 0 Å². The standard InChI is InChI=1S/C17H17FN2O/c1-10-4-7-16(11(2)8-10)21-12(3)17-19-14-6-5-13(18)9-15(14)20-17/h4-9,12H,1-3H3,(H,19,20)/t12-/m0/s1. The van der Waals surface area contributed by atoms with Crippen molar-refractivity contribution in [2.45, 2.75) is 26.9 Å². The molecule has 21 heavy (non-hydrogen) atoms. The second-order valence-electron chi connectivity index (χ2n) is 5.31. The molecule has 1 heterocycles. The number of imidazole rings is 1. The van der Waals surface area contributed by atoms with Crippen LogP contribution in [0.1, 0.15) is 30.0 Å². The first-order valence-corrected chi connectivity index (χ1v) is 6.92. The van der Waals surface area contributed by atoms with Crippen molar-refractivity contribution in [2.24, 2.45) is 0 Å². The molecule has 3 rings (SSSR count). The number of H-pyrrole nitrogens is 1. The molecular weight excluding hydrogens is 267 g/mol. The number of hydrogen-bond donors (Lipinski definition) is 1. The highest BCUT2D eigenvalue weighted by Gasteiger charge is 2.14. The van der Waals surface area contributed by atoms with E-state index in [0.717, 1.165) is 16.8 Å². The number of ether oxygens (including phenoxy) is 1. The highest BCUT2D eigenvalue weighted by molar-refractivity contribution is 5.75. The molecule has 3 aromatic rings. The molecule has 0 aliphatic heterocycles. The van der Waals surface area contributed by atoms with Gasteiger partial charge in [0.2, 0.25) is 0 Å². The zero-order valence-electron chi connectivity index (χ0n) is 12.3. The first kappa shape index (κ1) is 13.6. The maximum atomic E-state index is 13.2. The van der Waals surface area contributed by atoms with Crippen molar-refractivity contribution >= 4 is 11.0 Å². The van der Waals surface area contributed by atoms with E-state index in [1.165, 1.54) is 17.7 Å². The number of nitrogens with one attached hydrogen (secondary N) is 1. The molecule has 1 atom stereocenters. The van der Waals surface area contributed by atoms with E-state index in [9.17, 15) is 4.39 Å². The van der Waals surface area contributed by atoms with E-state index in [-0.39, 0.29) is 11.9 Å². The molecule has 108 valence electrons. The van der Waals surface area contributed by atoms with Gasteiger partial charge >= 0.3 is 0 Å². The van der Waals surface area contributed by atoms with Gasteiger partial charge in [-0.1, -0.05) is 17.7 Å². The molecule has 0 aliphatic rings. The molecule has 3 nitrogen and oxygen atoms in total. The van der Waals surface area contributed by atoms with Crippen LogP contribution in [0.2, 0.25) is 0 Å². The van der Waals surface area contributed by atoms with Gasteiger partial charge in [-0.25, -0.2) is 9.37 Å². The quantitative estimate of drug-likeness (QED) is 0.771. The van der Waals surface area contributed by atoms with Gasteiger partial charge < -0.3 is 9.72 Å². The first-order valence-electron chi connectivity index (χ1n) is 6.92. The molecule has 0 aliphatic carbocycles. The van der Waals surface area contributed by atoms with E-state index >= 15 is 0 Å². The van der Waals surface area contributed by atoms with Crippen molar-refractivity contribution in [3.63, 3.8) is 0 Å². The largest absolute Gasteiger partial charge is 0.483 e. The molecule has 0 amide bonds. The maximum Gasteiger partial charge on any atom is 0.153 e. The Bertz CT molecular complexity index is 795. The van der Waals surface area contributed by atoms with Gasteiger partial charge in [-0.2, -0.15) is 0 Å². The number of rotatable bonds is 3. The summed E-state index contributed by atoms with van der Waals surface area (Å²) < 4.78 is 19.2. The molecule has 0 radical (unpaired) electrons. The lowest BCUT2D eigenvalue weighted by molar-refractivity contribution is 0.216. The Balaban J connectivity index is 1.87. The third kappa shape index (κ3) is 2.75. The molecule has 1 aromatic heterocycles. The molecule has 2 aromatic carbocycles. The Morgan fingerprint density at radius 2 is 1.95 bits per heavy atom. The second kappa shape index (κ2) is 5.20. The lowest BCUT2D eigenvalue weighted by Gasteiger charge is -2.14. The van der Waals surface area contributed by atoms with Crippen molar-refractivity contribution in [2.75, 3.05) is 0 Å². The number of nitrogens with zero attached hydrogens (tertiary/aromatic N) is 1. The van der Waals surface area contributed by atoms with Crippen LogP contribution in [0.4, 0.5) is 4.39 Å². The van der Waals surface area contributed by atoms with E-state index < -0.39 is 0 Å². The fraction of sp³-hybridized carbons (Fsp3) is 0.235. The predicted molar refractivity (Wildman–Crippen MR) is 81.0 cm³/mol. The van der Waals surface area contributed by atoms with Crippen LogP contribution in [-0.2, 0) is 0 Å². The van der Waals surface area contributed by atoms with Crippen molar-refractivity contribution in [3.05, 3.63) is 59.2 Å². The van der Waals surface area contributed by atoms with E-state index in [0.29, 0.717) is 11.3 Å². The number of halogens is 1. The zero-order valence-corrected chi connectivity index (χ0v) is 12.3. The summed E-state index contributed by atoms with van der Waals surface area (Å²) in [6, 6.07) is 10.6. The average Bonchev–Trinajstić information content (AvgIpc) is 2.85. The highest BCUT2D eigenvalue weighted by atomic mass is 19.1. The molecule has 0 bridgehead atoms. The van der Waals surface area contributed by atoms with E-state index in [2.05, 4.69) is 16.0 Å². The lowest BCUT2D eigenvalue weighted by Crippen LogP contribution is -2.06. The second-order valence-corrected chi connectivity index (χ2v) is 5.31. The Kier molecular flexibility index (Phi) is 3.37. The SMILES string of the molecule is Cc1ccc(O[C@@H](C)c2nc3ccc(F)cc3[nH]2)c(C)c1. The lowest BCUT2D eigenvalue weighted by atomic mass is 10.1. The summed E-state index contributed by atoms with van der Waals surface area (Å²) >= 11 is 0. The fourth-order valence-corrected chi connectivity index (χ4v) is 2.37. The van der Waals surface area contributed by atoms with Crippen LogP contribution in [0.5, 0.6) is 5.75 Å². The maximum absolute atomic E-state index is 13.2. The average molecular weight is 284 g/mol.